The van der Waals surface area contributed by atoms with E-state index in [-0.39, 0.29) is 5.56 Å². The molecule has 0 unspecified atom stereocenters. The van der Waals surface area contributed by atoms with Gasteiger partial charge in [0.25, 0.3) is 5.91 Å². The summed E-state index contributed by atoms with van der Waals surface area (Å²) in [4.78, 5) is 25.6. The number of anilines is 1. The summed E-state index contributed by atoms with van der Waals surface area (Å²) in [6, 6.07) is 11.3. The molecule has 0 amide bonds. The van der Waals surface area contributed by atoms with Crippen LogP contribution in [-0.2, 0) is 14.8 Å². The molecule has 0 bridgehead atoms. The van der Waals surface area contributed by atoms with Crippen molar-refractivity contribution in [2.75, 3.05) is 17.7 Å². The number of esters is 1. The Labute approximate surface area is 175 Å². The highest BCUT2D eigenvalue weighted by Crippen LogP contribution is 2.27. The maximum atomic E-state index is 13.4. The van der Waals surface area contributed by atoms with E-state index in [1.54, 1.807) is 36.4 Å². The molecule has 0 N–H and O–H groups in total. The maximum absolute atomic E-state index is 13.4. The SMILES string of the molecule is COC(=O)c1cn(C(=O)[C@@H](C)N(c2cc(C)cc(C)c2)S(C)(=O)=O)c2ccccc12. The van der Waals surface area contributed by atoms with Crippen LogP contribution in [0.15, 0.2) is 48.7 Å². The number of fused-ring (bicyclic) bond motifs is 1. The van der Waals surface area contributed by atoms with Gasteiger partial charge in [-0.3, -0.25) is 13.7 Å². The zero-order valence-electron chi connectivity index (χ0n) is 17.5. The molecule has 2 aromatic carbocycles. The average molecular weight is 429 g/mol. The molecule has 30 heavy (non-hydrogen) atoms. The third-order valence-electron chi connectivity index (χ3n) is 4.88. The number of methoxy groups -OCH3 is 1. The highest BCUT2D eigenvalue weighted by molar-refractivity contribution is 7.92. The molecule has 158 valence electrons. The third-order valence-corrected chi connectivity index (χ3v) is 6.12. The summed E-state index contributed by atoms with van der Waals surface area (Å²) < 4.78 is 32.5. The quantitative estimate of drug-likeness (QED) is 0.580. The van der Waals surface area contributed by atoms with Crippen LogP contribution in [0.4, 0.5) is 5.69 Å². The van der Waals surface area contributed by atoms with Gasteiger partial charge in [-0.05, 0) is 50.1 Å². The molecule has 3 aromatic rings. The van der Waals surface area contributed by atoms with Gasteiger partial charge in [-0.25, -0.2) is 13.2 Å². The molecule has 1 atom stereocenters. The second kappa shape index (κ2) is 7.95. The van der Waals surface area contributed by atoms with Crippen LogP contribution in [0.2, 0.25) is 0 Å². The number of ether oxygens (including phenoxy) is 1. The smallest absolute Gasteiger partial charge is 0.340 e. The largest absolute Gasteiger partial charge is 0.465 e. The lowest BCUT2D eigenvalue weighted by atomic mass is 10.1. The van der Waals surface area contributed by atoms with Crippen molar-refractivity contribution >= 4 is 38.5 Å². The fourth-order valence-corrected chi connectivity index (χ4v) is 4.87. The van der Waals surface area contributed by atoms with E-state index in [0.717, 1.165) is 21.7 Å². The van der Waals surface area contributed by atoms with E-state index in [1.165, 1.54) is 24.8 Å². The van der Waals surface area contributed by atoms with Crippen molar-refractivity contribution in [3.05, 3.63) is 65.4 Å². The van der Waals surface area contributed by atoms with Crippen molar-refractivity contribution < 1.29 is 22.7 Å². The van der Waals surface area contributed by atoms with Crippen molar-refractivity contribution in [2.45, 2.75) is 26.8 Å². The molecule has 0 aliphatic carbocycles. The van der Waals surface area contributed by atoms with E-state index >= 15 is 0 Å². The summed E-state index contributed by atoms with van der Waals surface area (Å²) >= 11 is 0. The first-order valence-corrected chi connectivity index (χ1v) is 11.2. The van der Waals surface area contributed by atoms with Gasteiger partial charge in [-0.2, -0.15) is 0 Å². The number of aromatic nitrogens is 1. The summed E-state index contributed by atoms with van der Waals surface area (Å²) in [5.74, 6) is -1.05. The van der Waals surface area contributed by atoms with Crippen LogP contribution in [0.3, 0.4) is 0 Å². The van der Waals surface area contributed by atoms with Gasteiger partial charge >= 0.3 is 5.97 Å². The molecule has 0 saturated heterocycles. The lowest BCUT2D eigenvalue weighted by Gasteiger charge is -2.29. The van der Waals surface area contributed by atoms with Crippen LogP contribution in [0.25, 0.3) is 10.9 Å². The normalized spacial score (nSPS) is 12.6. The van der Waals surface area contributed by atoms with E-state index in [1.807, 2.05) is 19.9 Å². The lowest BCUT2D eigenvalue weighted by molar-refractivity contribution is 0.0603. The second-order valence-corrected chi connectivity index (χ2v) is 9.20. The first-order valence-electron chi connectivity index (χ1n) is 9.35. The predicted octanol–water partition coefficient (Wildman–Crippen LogP) is 3.54. The molecule has 3 rings (SSSR count). The summed E-state index contributed by atoms with van der Waals surface area (Å²) in [6.07, 6.45) is 2.47. The second-order valence-electron chi connectivity index (χ2n) is 7.34. The van der Waals surface area contributed by atoms with Crippen LogP contribution >= 0.6 is 0 Å². The molecular weight excluding hydrogens is 404 g/mol. The van der Waals surface area contributed by atoms with Gasteiger partial charge < -0.3 is 4.74 Å². The summed E-state index contributed by atoms with van der Waals surface area (Å²) in [5, 5.41) is 0.558. The Bertz CT molecular complexity index is 1220. The summed E-state index contributed by atoms with van der Waals surface area (Å²) in [6.45, 7) is 5.27. The van der Waals surface area contributed by atoms with E-state index in [9.17, 15) is 18.0 Å². The lowest BCUT2D eigenvalue weighted by Crippen LogP contribution is -2.44. The minimum Gasteiger partial charge on any atom is -0.465 e. The number of carbonyl (C=O) groups excluding carboxylic acids is 2. The van der Waals surface area contributed by atoms with Crippen molar-refractivity contribution in [1.29, 1.82) is 0 Å². The van der Waals surface area contributed by atoms with Crippen LogP contribution in [0, 0.1) is 13.8 Å². The first-order chi connectivity index (χ1) is 14.0. The molecule has 0 radical (unpaired) electrons. The number of rotatable bonds is 5. The van der Waals surface area contributed by atoms with Gasteiger partial charge in [0.15, 0.2) is 0 Å². The van der Waals surface area contributed by atoms with Gasteiger partial charge in [0.2, 0.25) is 10.0 Å². The number of hydrogen-bond acceptors (Lipinski definition) is 5. The maximum Gasteiger partial charge on any atom is 0.340 e. The topological polar surface area (TPSA) is 85.7 Å². The Balaban J connectivity index is 2.14. The number of sulfonamides is 1. The van der Waals surface area contributed by atoms with Gasteiger partial charge in [-0.15, -0.1) is 0 Å². The van der Waals surface area contributed by atoms with Crippen molar-refractivity contribution in [1.82, 2.24) is 4.57 Å². The number of benzene rings is 2. The minimum absolute atomic E-state index is 0.242. The Morgan fingerprint density at radius 2 is 1.67 bits per heavy atom. The number of hydrogen-bond donors (Lipinski definition) is 0. The highest BCUT2D eigenvalue weighted by Gasteiger charge is 2.31. The number of aryl methyl sites for hydroxylation is 2. The van der Waals surface area contributed by atoms with Crippen LogP contribution in [-0.4, -0.2) is 44.3 Å². The van der Waals surface area contributed by atoms with Crippen LogP contribution in [0.1, 0.15) is 33.2 Å². The van der Waals surface area contributed by atoms with Crippen molar-refractivity contribution in [2.24, 2.45) is 0 Å². The molecular formula is C22H24N2O5S. The van der Waals surface area contributed by atoms with E-state index in [4.69, 9.17) is 4.74 Å². The standard InChI is InChI=1S/C22H24N2O5S/c1-14-10-15(2)12-17(11-14)24(30(5,27)28)16(3)21(25)23-13-19(22(26)29-4)18-8-6-7-9-20(18)23/h6-13,16H,1-5H3/t16-/m1/s1. The monoisotopic (exact) mass is 428 g/mol. The fraction of sp³-hybridized carbons (Fsp3) is 0.273. The minimum atomic E-state index is -3.76. The summed E-state index contributed by atoms with van der Waals surface area (Å²) in [7, 11) is -2.50. The third kappa shape index (κ3) is 3.95. The van der Waals surface area contributed by atoms with Gasteiger partial charge in [0, 0.05) is 11.6 Å². The highest BCUT2D eigenvalue weighted by atomic mass is 32.2. The molecule has 0 aliphatic heterocycles. The molecule has 7 nitrogen and oxygen atoms in total. The Morgan fingerprint density at radius 1 is 1.07 bits per heavy atom. The van der Waals surface area contributed by atoms with E-state index in [2.05, 4.69) is 0 Å². The van der Waals surface area contributed by atoms with Gasteiger partial charge in [0.1, 0.15) is 6.04 Å². The number of carbonyl (C=O) groups is 2. The van der Waals surface area contributed by atoms with Gasteiger partial charge in [0.05, 0.1) is 30.1 Å². The van der Waals surface area contributed by atoms with Crippen molar-refractivity contribution in [3.63, 3.8) is 0 Å². The molecule has 1 heterocycles. The zero-order chi connectivity index (χ0) is 22.2. The molecule has 8 heteroatoms. The summed E-state index contributed by atoms with van der Waals surface area (Å²) in [5.41, 5.74) is 2.94. The number of para-hydroxylation sites is 1. The van der Waals surface area contributed by atoms with Crippen LogP contribution in [0.5, 0.6) is 0 Å². The fourth-order valence-electron chi connectivity index (χ4n) is 3.72. The van der Waals surface area contributed by atoms with E-state index < -0.39 is 27.9 Å². The molecule has 0 aliphatic rings. The predicted molar refractivity (Wildman–Crippen MR) is 117 cm³/mol. The Morgan fingerprint density at radius 3 is 2.23 bits per heavy atom. The zero-order valence-corrected chi connectivity index (χ0v) is 18.4. The first kappa shape index (κ1) is 21.6. The molecule has 0 saturated carbocycles. The van der Waals surface area contributed by atoms with Crippen LogP contribution < -0.4 is 4.31 Å². The van der Waals surface area contributed by atoms with Crippen molar-refractivity contribution in [3.8, 4) is 0 Å². The molecule has 0 fully saturated rings. The molecule has 1 aromatic heterocycles. The Hall–Kier alpha value is -3.13. The van der Waals surface area contributed by atoms with E-state index in [0.29, 0.717) is 16.6 Å². The average Bonchev–Trinajstić information content (AvgIpc) is 3.04. The van der Waals surface area contributed by atoms with Gasteiger partial charge in [-0.1, -0.05) is 24.3 Å². The Kier molecular flexibility index (Phi) is 5.72. The molecule has 0 spiro atoms. The number of nitrogens with zero attached hydrogens (tertiary/aromatic N) is 2.